The van der Waals surface area contributed by atoms with Crippen molar-refractivity contribution in [2.24, 2.45) is 0 Å². The maximum atomic E-state index is 13.8. The van der Waals surface area contributed by atoms with Gasteiger partial charge >= 0.3 is 0 Å². The van der Waals surface area contributed by atoms with Gasteiger partial charge in [0.25, 0.3) is 5.56 Å². The Kier molecular flexibility index (Phi) is 3.68. The standard InChI is InChI=1S/C22H21FN2O/c23-14-8-9-17-19(10-14)20-11-18-13(12-24-15-5-1-2-6-15)4-3-7-16(18)21(20)25-22(17)26/h3-4,7-10,15,24H,1-2,5-6,11-12H2,(H,25,26). The lowest BCUT2D eigenvalue weighted by Crippen LogP contribution is -2.25. The Morgan fingerprint density at radius 1 is 1.08 bits per heavy atom. The number of pyridine rings is 1. The molecule has 5 rings (SSSR count). The molecule has 3 nitrogen and oxygen atoms in total. The van der Waals surface area contributed by atoms with E-state index in [9.17, 15) is 9.18 Å². The molecule has 2 aliphatic rings. The zero-order chi connectivity index (χ0) is 17.7. The van der Waals surface area contributed by atoms with Crippen LogP contribution in [0.5, 0.6) is 0 Å². The summed E-state index contributed by atoms with van der Waals surface area (Å²) in [5, 5.41) is 4.97. The third-order valence-corrected chi connectivity index (χ3v) is 5.92. The summed E-state index contributed by atoms with van der Waals surface area (Å²) < 4.78 is 13.8. The van der Waals surface area contributed by atoms with E-state index in [0.717, 1.165) is 35.2 Å². The lowest BCUT2D eigenvalue weighted by atomic mass is 10.0. The molecule has 3 aromatic rings. The molecule has 2 N–H and O–H groups in total. The highest BCUT2D eigenvalue weighted by Crippen LogP contribution is 2.39. The summed E-state index contributed by atoms with van der Waals surface area (Å²) in [6.07, 6.45) is 5.88. The lowest BCUT2D eigenvalue weighted by molar-refractivity contribution is 0.523. The Morgan fingerprint density at radius 2 is 1.92 bits per heavy atom. The summed E-state index contributed by atoms with van der Waals surface area (Å²) in [6.45, 7) is 0.846. The fraction of sp³-hybridized carbons (Fsp3) is 0.318. The third kappa shape index (κ3) is 2.48. The Hall–Kier alpha value is -2.46. The smallest absolute Gasteiger partial charge is 0.256 e. The van der Waals surface area contributed by atoms with Gasteiger partial charge < -0.3 is 10.3 Å². The second kappa shape index (κ2) is 6.06. The quantitative estimate of drug-likeness (QED) is 0.581. The van der Waals surface area contributed by atoms with Crippen molar-refractivity contribution in [2.45, 2.75) is 44.7 Å². The zero-order valence-corrected chi connectivity index (χ0v) is 14.6. The summed E-state index contributed by atoms with van der Waals surface area (Å²) in [4.78, 5) is 15.5. The number of aromatic nitrogens is 1. The largest absolute Gasteiger partial charge is 0.321 e. The highest BCUT2D eigenvalue weighted by Gasteiger charge is 2.25. The van der Waals surface area contributed by atoms with E-state index in [1.54, 1.807) is 6.07 Å². The molecule has 0 atom stereocenters. The van der Waals surface area contributed by atoms with E-state index in [2.05, 4.69) is 22.4 Å². The van der Waals surface area contributed by atoms with Gasteiger partial charge in [-0.2, -0.15) is 0 Å². The number of hydrogen-bond acceptors (Lipinski definition) is 2. The number of fused-ring (bicyclic) bond motifs is 5. The van der Waals surface area contributed by atoms with Gasteiger partial charge in [0, 0.05) is 30.0 Å². The van der Waals surface area contributed by atoms with Crippen LogP contribution in [0.2, 0.25) is 0 Å². The minimum absolute atomic E-state index is 0.152. The lowest BCUT2D eigenvalue weighted by Gasteiger charge is -2.14. The van der Waals surface area contributed by atoms with Crippen molar-refractivity contribution in [3.63, 3.8) is 0 Å². The number of benzene rings is 2. The van der Waals surface area contributed by atoms with E-state index in [1.807, 2.05) is 6.07 Å². The molecule has 0 saturated heterocycles. The fourth-order valence-electron chi connectivity index (χ4n) is 4.57. The average molecular weight is 348 g/mol. The topological polar surface area (TPSA) is 44.9 Å². The number of halogens is 1. The first kappa shape index (κ1) is 15.8. The van der Waals surface area contributed by atoms with Crippen LogP contribution in [0, 0.1) is 5.82 Å². The summed E-state index contributed by atoms with van der Waals surface area (Å²) in [5.74, 6) is -0.302. The third-order valence-electron chi connectivity index (χ3n) is 5.92. The summed E-state index contributed by atoms with van der Waals surface area (Å²) in [7, 11) is 0. The summed E-state index contributed by atoms with van der Waals surface area (Å²) in [5.41, 5.74) is 5.33. The van der Waals surface area contributed by atoms with E-state index >= 15 is 0 Å². The zero-order valence-electron chi connectivity index (χ0n) is 14.6. The first-order valence-corrected chi connectivity index (χ1v) is 9.39. The molecule has 0 unspecified atom stereocenters. The van der Waals surface area contributed by atoms with Crippen molar-refractivity contribution in [3.05, 3.63) is 69.3 Å². The second-order valence-electron chi connectivity index (χ2n) is 7.48. The number of aromatic amines is 1. The van der Waals surface area contributed by atoms with Crippen molar-refractivity contribution in [1.82, 2.24) is 10.3 Å². The van der Waals surface area contributed by atoms with Gasteiger partial charge in [-0.05, 0) is 53.1 Å². The highest BCUT2D eigenvalue weighted by atomic mass is 19.1. The van der Waals surface area contributed by atoms with Crippen molar-refractivity contribution in [1.29, 1.82) is 0 Å². The minimum atomic E-state index is -0.302. The molecular weight excluding hydrogens is 327 g/mol. The molecule has 26 heavy (non-hydrogen) atoms. The first-order valence-electron chi connectivity index (χ1n) is 9.39. The molecule has 1 heterocycles. The Labute approximate surface area is 151 Å². The van der Waals surface area contributed by atoms with Gasteiger partial charge in [0.05, 0.1) is 5.69 Å². The van der Waals surface area contributed by atoms with Crippen LogP contribution < -0.4 is 10.9 Å². The predicted molar refractivity (Wildman–Crippen MR) is 102 cm³/mol. The van der Waals surface area contributed by atoms with Crippen molar-refractivity contribution >= 4 is 10.8 Å². The highest BCUT2D eigenvalue weighted by molar-refractivity contribution is 5.93. The monoisotopic (exact) mass is 348 g/mol. The van der Waals surface area contributed by atoms with Gasteiger partial charge in [-0.1, -0.05) is 31.0 Å². The van der Waals surface area contributed by atoms with Crippen LogP contribution in [-0.2, 0) is 13.0 Å². The normalized spacial score (nSPS) is 16.2. The molecule has 1 aromatic heterocycles. The summed E-state index contributed by atoms with van der Waals surface area (Å²) >= 11 is 0. The van der Waals surface area contributed by atoms with Gasteiger partial charge in [0.1, 0.15) is 5.82 Å². The predicted octanol–water partition coefficient (Wildman–Crippen LogP) is 4.27. The van der Waals surface area contributed by atoms with Gasteiger partial charge in [-0.25, -0.2) is 4.39 Å². The Balaban J connectivity index is 1.58. The van der Waals surface area contributed by atoms with Crippen molar-refractivity contribution in [3.8, 4) is 11.3 Å². The van der Waals surface area contributed by atoms with Crippen LogP contribution in [0.4, 0.5) is 4.39 Å². The molecule has 0 spiro atoms. The minimum Gasteiger partial charge on any atom is -0.321 e. The Bertz CT molecular complexity index is 1060. The number of hydrogen-bond donors (Lipinski definition) is 2. The van der Waals surface area contributed by atoms with E-state index in [-0.39, 0.29) is 11.4 Å². The van der Waals surface area contributed by atoms with E-state index in [1.165, 1.54) is 48.9 Å². The molecule has 1 fully saturated rings. The number of rotatable bonds is 3. The van der Waals surface area contributed by atoms with Crippen LogP contribution in [-0.4, -0.2) is 11.0 Å². The van der Waals surface area contributed by atoms with Crippen LogP contribution in [0.15, 0.2) is 41.2 Å². The maximum Gasteiger partial charge on any atom is 0.256 e. The van der Waals surface area contributed by atoms with Gasteiger partial charge in [0.15, 0.2) is 0 Å². The average Bonchev–Trinajstić information content (AvgIpc) is 3.28. The molecule has 2 aromatic carbocycles. The molecule has 0 radical (unpaired) electrons. The SMILES string of the molecule is O=c1[nH]c2c(c3cc(F)ccc13)Cc1c(CNC3CCCC3)cccc1-2. The van der Waals surface area contributed by atoms with Crippen LogP contribution >= 0.6 is 0 Å². The molecule has 1 saturated carbocycles. The molecule has 132 valence electrons. The van der Waals surface area contributed by atoms with Gasteiger partial charge in [-0.15, -0.1) is 0 Å². The van der Waals surface area contributed by atoms with Crippen LogP contribution in [0.3, 0.4) is 0 Å². The Morgan fingerprint density at radius 3 is 2.77 bits per heavy atom. The molecule has 4 heteroatoms. The van der Waals surface area contributed by atoms with E-state index in [4.69, 9.17) is 0 Å². The number of H-pyrrole nitrogens is 1. The molecular formula is C22H21FN2O. The van der Waals surface area contributed by atoms with Crippen LogP contribution in [0.1, 0.15) is 42.4 Å². The molecule has 2 aliphatic carbocycles. The molecule has 0 aliphatic heterocycles. The summed E-state index contributed by atoms with van der Waals surface area (Å²) in [6, 6.07) is 11.3. The van der Waals surface area contributed by atoms with E-state index in [0.29, 0.717) is 11.4 Å². The second-order valence-corrected chi connectivity index (χ2v) is 7.48. The number of nitrogens with one attached hydrogen (secondary N) is 2. The van der Waals surface area contributed by atoms with Crippen molar-refractivity contribution in [2.75, 3.05) is 0 Å². The first-order chi connectivity index (χ1) is 12.7. The van der Waals surface area contributed by atoms with Crippen LogP contribution in [0.25, 0.3) is 22.0 Å². The molecule has 0 amide bonds. The van der Waals surface area contributed by atoms with Gasteiger partial charge in [-0.3, -0.25) is 4.79 Å². The van der Waals surface area contributed by atoms with Crippen molar-refractivity contribution < 1.29 is 4.39 Å². The molecule has 0 bridgehead atoms. The fourth-order valence-corrected chi connectivity index (χ4v) is 4.57. The van der Waals surface area contributed by atoms with Gasteiger partial charge in [0.2, 0.25) is 0 Å². The van der Waals surface area contributed by atoms with E-state index < -0.39 is 0 Å². The maximum absolute atomic E-state index is 13.8.